The minimum absolute atomic E-state index is 0.0271. The SMILES string of the molecule is O=C(c1cnc2ccc(O)cc2c1N1CCC2(CC1)OCCO2)N1CCN(c2ccncc2)CC1. The number of hydrogen-bond donors (Lipinski definition) is 1. The molecule has 9 heteroatoms. The molecule has 5 heterocycles. The molecule has 2 aromatic heterocycles. The fraction of sp³-hybridized carbons (Fsp3) is 0.423. The number of pyridine rings is 2. The van der Waals surface area contributed by atoms with Gasteiger partial charge in [0.2, 0.25) is 0 Å². The summed E-state index contributed by atoms with van der Waals surface area (Å²) in [5.41, 5.74) is 3.28. The van der Waals surface area contributed by atoms with Crippen molar-refractivity contribution in [1.82, 2.24) is 14.9 Å². The highest BCUT2D eigenvalue weighted by Gasteiger charge is 2.41. The summed E-state index contributed by atoms with van der Waals surface area (Å²) in [4.78, 5) is 28.9. The maximum Gasteiger partial charge on any atom is 0.257 e. The number of carbonyl (C=O) groups excluding carboxylic acids is 1. The van der Waals surface area contributed by atoms with Crippen LogP contribution in [-0.4, -0.2) is 84.2 Å². The largest absolute Gasteiger partial charge is 0.508 e. The number of phenols is 1. The van der Waals surface area contributed by atoms with E-state index >= 15 is 0 Å². The number of piperidine rings is 1. The first-order valence-electron chi connectivity index (χ1n) is 12.2. The smallest absolute Gasteiger partial charge is 0.257 e. The first kappa shape index (κ1) is 22.1. The van der Waals surface area contributed by atoms with Crippen molar-refractivity contribution in [2.45, 2.75) is 18.6 Å². The lowest BCUT2D eigenvalue weighted by molar-refractivity contribution is -0.169. The summed E-state index contributed by atoms with van der Waals surface area (Å²) in [6, 6.07) is 9.13. The van der Waals surface area contributed by atoms with Crippen LogP contribution in [-0.2, 0) is 9.47 Å². The summed E-state index contributed by atoms with van der Waals surface area (Å²) in [6.07, 6.45) is 6.74. The second-order valence-corrected chi connectivity index (χ2v) is 9.30. The molecule has 3 fully saturated rings. The molecule has 3 aliphatic heterocycles. The number of rotatable bonds is 3. The number of nitrogens with zero attached hydrogens (tertiary/aromatic N) is 5. The number of fused-ring (bicyclic) bond motifs is 1. The molecule has 3 aliphatic rings. The van der Waals surface area contributed by atoms with Gasteiger partial charge in [0, 0.05) is 81.8 Å². The minimum Gasteiger partial charge on any atom is -0.508 e. The van der Waals surface area contributed by atoms with Crippen LogP contribution in [0.1, 0.15) is 23.2 Å². The third kappa shape index (κ3) is 4.15. The van der Waals surface area contributed by atoms with Crippen LogP contribution < -0.4 is 9.80 Å². The molecule has 182 valence electrons. The summed E-state index contributed by atoms with van der Waals surface area (Å²) in [7, 11) is 0. The number of hydrogen-bond acceptors (Lipinski definition) is 8. The summed E-state index contributed by atoms with van der Waals surface area (Å²) in [5.74, 6) is -0.373. The van der Waals surface area contributed by atoms with Crippen LogP contribution >= 0.6 is 0 Å². The Morgan fingerprint density at radius 2 is 1.63 bits per heavy atom. The van der Waals surface area contributed by atoms with Gasteiger partial charge in [-0.1, -0.05) is 0 Å². The number of carbonyl (C=O) groups is 1. The summed E-state index contributed by atoms with van der Waals surface area (Å²) < 4.78 is 11.8. The molecule has 3 saturated heterocycles. The van der Waals surface area contributed by atoms with Crippen LogP contribution in [0.2, 0.25) is 0 Å². The highest BCUT2D eigenvalue weighted by Crippen LogP contribution is 2.38. The lowest BCUT2D eigenvalue weighted by atomic mass is 9.99. The van der Waals surface area contributed by atoms with Crippen LogP contribution in [0.25, 0.3) is 10.9 Å². The van der Waals surface area contributed by atoms with Gasteiger partial charge in [-0.3, -0.25) is 14.8 Å². The number of ether oxygens (including phenoxy) is 2. The Hall–Kier alpha value is -3.43. The average Bonchev–Trinajstić information content (AvgIpc) is 3.36. The van der Waals surface area contributed by atoms with Gasteiger partial charge in [0.15, 0.2) is 5.79 Å². The van der Waals surface area contributed by atoms with E-state index in [-0.39, 0.29) is 11.7 Å². The standard InChI is InChI=1S/C26H29N5O4/c32-20-1-2-23-21(17-20)24(30-9-5-26(6-10-30)34-15-16-35-26)22(18-28-23)25(33)31-13-11-29(12-14-31)19-3-7-27-8-4-19/h1-4,7-8,17-18,32H,5-6,9-16H2. The molecule has 35 heavy (non-hydrogen) atoms. The highest BCUT2D eigenvalue weighted by atomic mass is 16.7. The van der Waals surface area contributed by atoms with Crippen molar-refractivity contribution < 1.29 is 19.4 Å². The quantitative estimate of drug-likeness (QED) is 0.618. The van der Waals surface area contributed by atoms with E-state index in [1.54, 1.807) is 36.8 Å². The number of anilines is 2. The molecule has 3 aromatic rings. The van der Waals surface area contributed by atoms with Gasteiger partial charge >= 0.3 is 0 Å². The first-order valence-corrected chi connectivity index (χ1v) is 12.2. The van der Waals surface area contributed by atoms with Gasteiger partial charge in [0.25, 0.3) is 5.91 Å². The molecule has 0 radical (unpaired) electrons. The molecule has 0 bridgehead atoms. The molecule has 6 rings (SSSR count). The highest BCUT2D eigenvalue weighted by molar-refractivity contribution is 6.07. The fourth-order valence-corrected chi connectivity index (χ4v) is 5.41. The second kappa shape index (κ2) is 8.98. The lowest BCUT2D eigenvalue weighted by Gasteiger charge is -2.40. The lowest BCUT2D eigenvalue weighted by Crippen LogP contribution is -2.49. The van der Waals surface area contributed by atoms with Crippen molar-refractivity contribution >= 4 is 28.2 Å². The predicted molar refractivity (Wildman–Crippen MR) is 132 cm³/mol. The number of phenolic OH excluding ortho intramolecular Hbond substituents is 1. The fourth-order valence-electron chi connectivity index (χ4n) is 5.41. The van der Waals surface area contributed by atoms with Gasteiger partial charge < -0.3 is 29.3 Å². The van der Waals surface area contributed by atoms with Gasteiger partial charge in [0.1, 0.15) is 5.75 Å². The number of piperazine rings is 1. The van der Waals surface area contributed by atoms with Crippen LogP contribution in [0.15, 0.2) is 48.9 Å². The van der Waals surface area contributed by atoms with E-state index in [4.69, 9.17) is 9.47 Å². The van der Waals surface area contributed by atoms with Crippen molar-refractivity contribution in [3.05, 3.63) is 54.5 Å². The van der Waals surface area contributed by atoms with Crippen LogP contribution in [0.4, 0.5) is 11.4 Å². The normalized spacial score (nSPS) is 20.1. The molecular weight excluding hydrogens is 446 g/mol. The van der Waals surface area contributed by atoms with Gasteiger partial charge in [0.05, 0.1) is 30.0 Å². The van der Waals surface area contributed by atoms with Gasteiger partial charge in [-0.05, 0) is 30.3 Å². The zero-order valence-corrected chi connectivity index (χ0v) is 19.6. The van der Waals surface area contributed by atoms with Crippen molar-refractivity contribution in [1.29, 1.82) is 0 Å². The maximum atomic E-state index is 13.8. The van der Waals surface area contributed by atoms with Crippen LogP contribution in [0.5, 0.6) is 5.75 Å². The van der Waals surface area contributed by atoms with Crippen molar-refractivity contribution in [2.24, 2.45) is 0 Å². The Labute approximate surface area is 203 Å². The third-order valence-corrected chi connectivity index (χ3v) is 7.30. The third-order valence-electron chi connectivity index (χ3n) is 7.30. The molecule has 0 unspecified atom stereocenters. The predicted octanol–water partition coefficient (Wildman–Crippen LogP) is 2.64. The Morgan fingerprint density at radius 1 is 0.914 bits per heavy atom. The van der Waals surface area contributed by atoms with Gasteiger partial charge in [-0.25, -0.2) is 0 Å². The minimum atomic E-state index is -0.505. The second-order valence-electron chi connectivity index (χ2n) is 9.30. The molecule has 1 spiro atoms. The average molecular weight is 476 g/mol. The molecule has 0 atom stereocenters. The monoisotopic (exact) mass is 475 g/mol. The van der Waals surface area contributed by atoms with Gasteiger partial charge in [-0.15, -0.1) is 0 Å². The Kier molecular flexibility index (Phi) is 5.66. The summed E-state index contributed by atoms with van der Waals surface area (Å²) in [5, 5.41) is 11.0. The summed E-state index contributed by atoms with van der Waals surface area (Å²) >= 11 is 0. The topological polar surface area (TPSA) is 91.3 Å². The van der Waals surface area contributed by atoms with Crippen molar-refractivity contribution in [3.63, 3.8) is 0 Å². The zero-order valence-electron chi connectivity index (χ0n) is 19.6. The Morgan fingerprint density at radius 3 is 2.34 bits per heavy atom. The van der Waals surface area contributed by atoms with Gasteiger partial charge in [-0.2, -0.15) is 0 Å². The first-order chi connectivity index (χ1) is 17.1. The Balaban J connectivity index is 1.28. The Bertz CT molecular complexity index is 1210. The molecule has 9 nitrogen and oxygen atoms in total. The van der Waals surface area contributed by atoms with E-state index < -0.39 is 5.79 Å². The summed E-state index contributed by atoms with van der Waals surface area (Å²) in [6.45, 7) is 5.42. The maximum absolute atomic E-state index is 13.8. The molecule has 0 aliphatic carbocycles. The molecular formula is C26H29N5O4. The zero-order chi connectivity index (χ0) is 23.8. The van der Waals surface area contributed by atoms with Crippen molar-refractivity contribution in [3.8, 4) is 5.75 Å². The molecule has 1 N–H and O–H groups in total. The number of aromatic nitrogens is 2. The van der Waals surface area contributed by atoms with E-state index in [0.717, 1.165) is 48.2 Å². The number of amides is 1. The van der Waals surface area contributed by atoms with E-state index in [0.29, 0.717) is 45.0 Å². The molecule has 1 amide bonds. The van der Waals surface area contributed by atoms with Crippen LogP contribution in [0, 0.1) is 0 Å². The van der Waals surface area contributed by atoms with E-state index in [1.807, 2.05) is 17.0 Å². The molecule has 0 saturated carbocycles. The number of benzene rings is 1. The number of aromatic hydroxyl groups is 1. The van der Waals surface area contributed by atoms with E-state index in [9.17, 15) is 9.90 Å². The van der Waals surface area contributed by atoms with Crippen molar-refractivity contribution in [2.75, 3.05) is 62.3 Å². The van der Waals surface area contributed by atoms with E-state index in [2.05, 4.69) is 19.8 Å². The van der Waals surface area contributed by atoms with Crippen LogP contribution in [0.3, 0.4) is 0 Å². The van der Waals surface area contributed by atoms with E-state index in [1.165, 1.54) is 0 Å². The molecule has 1 aromatic carbocycles.